The van der Waals surface area contributed by atoms with Crippen molar-refractivity contribution in [2.45, 2.75) is 39.0 Å². The van der Waals surface area contributed by atoms with Crippen LogP contribution in [0.25, 0.3) is 0 Å². The fourth-order valence-electron chi connectivity index (χ4n) is 1.59. The van der Waals surface area contributed by atoms with E-state index in [-0.39, 0.29) is 4.90 Å². The first-order chi connectivity index (χ1) is 12.3. The molecule has 0 saturated carbocycles. The Morgan fingerprint density at radius 2 is 1.50 bits per heavy atom. The van der Waals surface area contributed by atoms with Gasteiger partial charge in [0.2, 0.25) is 10.0 Å². The number of nitrogens with zero attached hydrogens (tertiary/aromatic N) is 2. The van der Waals surface area contributed by atoms with Crippen molar-refractivity contribution in [3.8, 4) is 0 Å². The van der Waals surface area contributed by atoms with E-state index in [0.29, 0.717) is 22.7 Å². The maximum atomic E-state index is 11.6. The van der Waals surface area contributed by atoms with Crippen LogP contribution in [0.2, 0.25) is 0 Å². The molecule has 0 atom stereocenters. The first-order valence-corrected chi connectivity index (χ1v) is 9.92. The highest BCUT2D eigenvalue weighted by Gasteiger charge is 2.10. The largest absolute Gasteiger partial charge is 0.399 e. The van der Waals surface area contributed by atoms with Crippen LogP contribution in [-0.2, 0) is 10.0 Å². The van der Waals surface area contributed by atoms with Gasteiger partial charge < -0.3 is 11.5 Å². The van der Waals surface area contributed by atoms with Crippen LogP contribution in [0.4, 0.5) is 22.7 Å². The lowest BCUT2D eigenvalue weighted by Gasteiger charge is -2.02. The summed E-state index contributed by atoms with van der Waals surface area (Å²) in [7, 11) is -2.10. The predicted molar refractivity (Wildman–Crippen MR) is 109 cm³/mol. The minimum absolute atomic E-state index is 0.163. The van der Waals surface area contributed by atoms with Crippen LogP contribution in [0.1, 0.15) is 34.1 Å². The standard InChI is InChI=1S/C13H15N5O2S.C3H8.C2H6/c1-16-21(19,20)11-5-3-10(4-6-11)17-18-13-7-2-9(14)8-12(13)15;1-3-2;1-2/h2-8,16H,14-15H2,1H3;3H2,1-2H3;1-2H3. The molecule has 0 amide bonds. The average molecular weight is 380 g/mol. The molecule has 0 radical (unpaired) electrons. The molecule has 0 saturated heterocycles. The Morgan fingerprint density at radius 1 is 0.962 bits per heavy atom. The van der Waals surface area contributed by atoms with Crippen LogP contribution in [-0.4, -0.2) is 15.5 Å². The van der Waals surface area contributed by atoms with E-state index in [0.717, 1.165) is 0 Å². The summed E-state index contributed by atoms with van der Waals surface area (Å²) < 4.78 is 25.4. The van der Waals surface area contributed by atoms with E-state index in [1.807, 2.05) is 13.8 Å². The maximum absolute atomic E-state index is 11.6. The zero-order valence-electron chi connectivity index (χ0n) is 16.0. The second-order valence-electron chi connectivity index (χ2n) is 4.93. The Kier molecular flexibility index (Phi) is 10.9. The van der Waals surface area contributed by atoms with Gasteiger partial charge >= 0.3 is 0 Å². The van der Waals surface area contributed by atoms with Gasteiger partial charge in [-0.2, -0.15) is 5.11 Å². The van der Waals surface area contributed by atoms with Crippen LogP contribution >= 0.6 is 0 Å². The number of hydrogen-bond acceptors (Lipinski definition) is 6. The molecule has 0 fully saturated rings. The van der Waals surface area contributed by atoms with Crippen LogP contribution in [0, 0.1) is 0 Å². The molecule has 0 heterocycles. The summed E-state index contributed by atoms with van der Waals surface area (Å²) in [6.07, 6.45) is 1.25. The van der Waals surface area contributed by atoms with Crippen molar-refractivity contribution in [3.63, 3.8) is 0 Å². The van der Waals surface area contributed by atoms with Crippen molar-refractivity contribution in [2.75, 3.05) is 18.5 Å². The summed E-state index contributed by atoms with van der Waals surface area (Å²) >= 11 is 0. The molecular formula is C18H29N5O2S. The van der Waals surface area contributed by atoms with Crippen molar-refractivity contribution < 1.29 is 8.42 Å². The zero-order chi connectivity index (χ0) is 20.2. The quantitative estimate of drug-likeness (QED) is 0.530. The van der Waals surface area contributed by atoms with Crippen molar-refractivity contribution >= 4 is 32.8 Å². The first-order valence-electron chi connectivity index (χ1n) is 8.44. The van der Waals surface area contributed by atoms with Crippen LogP contribution in [0.15, 0.2) is 57.6 Å². The highest BCUT2D eigenvalue weighted by Crippen LogP contribution is 2.26. The maximum Gasteiger partial charge on any atom is 0.240 e. The molecule has 0 unspecified atom stereocenters. The number of hydrogen-bond donors (Lipinski definition) is 3. The number of anilines is 2. The van der Waals surface area contributed by atoms with E-state index in [2.05, 4.69) is 28.8 Å². The zero-order valence-corrected chi connectivity index (χ0v) is 16.8. The second kappa shape index (κ2) is 12.0. The Labute approximate surface area is 156 Å². The van der Waals surface area contributed by atoms with E-state index >= 15 is 0 Å². The molecule has 144 valence electrons. The van der Waals surface area contributed by atoms with E-state index in [4.69, 9.17) is 11.5 Å². The lowest BCUT2D eigenvalue weighted by Crippen LogP contribution is -2.18. The van der Waals surface area contributed by atoms with Crippen molar-refractivity contribution in [1.29, 1.82) is 0 Å². The average Bonchev–Trinajstić information content (AvgIpc) is 2.64. The number of nitrogen functional groups attached to an aromatic ring is 2. The Balaban J connectivity index is 0.00000113. The van der Waals surface area contributed by atoms with Crippen molar-refractivity contribution in [3.05, 3.63) is 42.5 Å². The van der Waals surface area contributed by atoms with Gasteiger partial charge in [-0.1, -0.05) is 34.1 Å². The van der Waals surface area contributed by atoms with Crippen LogP contribution in [0.5, 0.6) is 0 Å². The molecule has 2 aromatic rings. The third-order valence-electron chi connectivity index (χ3n) is 2.74. The van der Waals surface area contributed by atoms with Gasteiger partial charge in [0.05, 0.1) is 16.3 Å². The fourth-order valence-corrected chi connectivity index (χ4v) is 2.32. The van der Waals surface area contributed by atoms with Gasteiger partial charge in [-0.3, -0.25) is 0 Å². The lowest BCUT2D eigenvalue weighted by molar-refractivity contribution is 0.588. The molecule has 5 N–H and O–H groups in total. The normalized spacial score (nSPS) is 10.5. The molecule has 7 nitrogen and oxygen atoms in total. The second-order valence-corrected chi connectivity index (χ2v) is 6.81. The third-order valence-corrected chi connectivity index (χ3v) is 4.17. The molecule has 26 heavy (non-hydrogen) atoms. The Hall–Kier alpha value is -2.45. The van der Waals surface area contributed by atoms with Gasteiger partial charge in [0.1, 0.15) is 5.69 Å². The summed E-state index contributed by atoms with van der Waals surface area (Å²) in [6.45, 7) is 8.25. The molecule has 0 aliphatic carbocycles. The van der Waals surface area contributed by atoms with Crippen molar-refractivity contribution in [1.82, 2.24) is 4.72 Å². The summed E-state index contributed by atoms with van der Waals surface area (Å²) in [5.41, 5.74) is 13.3. The molecule has 0 spiro atoms. The SMILES string of the molecule is CC.CCC.CNS(=O)(=O)c1ccc(N=Nc2ccc(N)cc2N)cc1. The molecule has 0 bridgehead atoms. The molecule has 0 aliphatic rings. The van der Waals surface area contributed by atoms with Gasteiger partial charge in [0.15, 0.2) is 0 Å². The van der Waals surface area contributed by atoms with E-state index in [1.54, 1.807) is 30.3 Å². The molecular weight excluding hydrogens is 350 g/mol. The van der Waals surface area contributed by atoms with Gasteiger partial charge in [-0.25, -0.2) is 13.1 Å². The van der Waals surface area contributed by atoms with Gasteiger partial charge in [-0.15, -0.1) is 5.11 Å². The number of nitrogens with one attached hydrogen (secondary N) is 1. The monoisotopic (exact) mass is 379 g/mol. The molecule has 2 aromatic carbocycles. The van der Waals surface area contributed by atoms with Crippen molar-refractivity contribution in [2.24, 2.45) is 10.2 Å². The smallest absolute Gasteiger partial charge is 0.240 e. The first kappa shape index (κ1) is 23.5. The summed E-state index contributed by atoms with van der Waals surface area (Å²) in [5.74, 6) is 0. The number of benzene rings is 2. The van der Waals surface area contributed by atoms with Gasteiger partial charge in [-0.05, 0) is 49.5 Å². The van der Waals surface area contributed by atoms with E-state index in [1.165, 1.54) is 25.6 Å². The number of nitrogens with two attached hydrogens (primary N) is 2. The van der Waals surface area contributed by atoms with Gasteiger partial charge in [0, 0.05) is 5.69 Å². The van der Waals surface area contributed by atoms with Gasteiger partial charge in [0.25, 0.3) is 0 Å². The lowest BCUT2D eigenvalue weighted by atomic mass is 10.2. The fraction of sp³-hybridized carbons (Fsp3) is 0.333. The molecule has 8 heteroatoms. The number of sulfonamides is 1. The highest BCUT2D eigenvalue weighted by molar-refractivity contribution is 7.89. The van der Waals surface area contributed by atoms with E-state index < -0.39 is 10.0 Å². The third kappa shape index (κ3) is 7.62. The predicted octanol–water partition coefficient (Wildman–Crippen LogP) is 4.62. The summed E-state index contributed by atoms with van der Waals surface area (Å²) in [6, 6.07) is 10.9. The summed E-state index contributed by atoms with van der Waals surface area (Å²) in [5, 5.41) is 8.01. The molecule has 0 aromatic heterocycles. The molecule has 0 aliphatic heterocycles. The van der Waals surface area contributed by atoms with Crippen LogP contribution in [0.3, 0.4) is 0 Å². The minimum atomic E-state index is -3.45. The minimum Gasteiger partial charge on any atom is -0.399 e. The number of rotatable bonds is 4. The Morgan fingerprint density at radius 3 is 1.96 bits per heavy atom. The Bertz CT molecular complexity index is 788. The summed E-state index contributed by atoms with van der Waals surface area (Å²) in [4.78, 5) is 0.163. The van der Waals surface area contributed by atoms with Crippen LogP contribution < -0.4 is 16.2 Å². The van der Waals surface area contributed by atoms with E-state index in [9.17, 15) is 8.42 Å². The topological polar surface area (TPSA) is 123 Å². The number of azo groups is 1. The highest BCUT2D eigenvalue weighted by atomic mass is 32.2. The molecule has 2 rings (SSSR count).